The van der Waals surface area contributed by atoms with Gasteiger partial charge in [-0.15, -0.1) is 0 Å². The molecule has 0 heterocycles. The molecule has 90 valence electrons. The quantitative estimate of drug-likeness (QED) is 0.892. The fourth-order valence-corrected chi connectivity index (χ4v) is 1.57. The van der Waals surface area contributed by atoms with Gasteiger partial charge in [-0.1, -0.05) is 11.6 Å². The van der Waals surface area contributed by atoms with E-state index >= 15 is 0 Å². The molecular weight excluding hydrogens is 259 g/mol. The van der Waals surface area contributed by atoms with Crippen LogP contribution in [0, 0.1) is 11.3 Å². The van der Waals surface area contributed by atoms with Gasteiger partial charge in [-0.05, 0) is 17.7 Å². The minimum absolute atomic E-state index is 0.267. The van der Waals surface area contributed by atoms with Crippen LogP contribution in [0.5, 0.6) is 0 Å². The molecule has 1 aromatic rings. The van der Waals surface area contributed by atoms with Gasteiger partial charge in [-0.3, -0.25) is 4.79 Å². The molecule has 0 aliphatic heterocycles. The Morgan fingerprint density at radius 1 is 1.47 bits per heavy atom. The van der Waals surface area contributed by atoms with E-state index in [0.717, 1.165) is 6.07 Å². The minimum Gasteiger partial charge on any atom is -0.481 e. The Morgan fingerprint density at radius 2 is 2.06 bits per heavy atom. The van der Waals surface area contributed by atoms with E-state index in [4.69, 9.17) is 22.0 Å². The number of nitriles is 1. The van der Waals surface area contributed by atoms with Gasteiger partial charge in [0.25, 0.3) is 0 Å². The number of carbonyl (C=O) groups is 1. The molecule has 0 unspecified atom stereocenters. The van der Waals surface area contributed by atoms with E-state index in [9.17, 15) is 18.0 Å². The zero-order chi connectivity index (χ0) is 13.2. The Bertz CT molecular complexity index is 505. The molecule has 7 heteroatoms. The number of rotatable bonds is 2. The van der Waals surface area contributed by atoms with Crippen LogP contribution in [-0.2, 0) is 17.4 Å². The van der Waals surface area contributed by atoms with E-state index in [1.54, 1.807) is 0 Å². The molecule has 0 amide bonds. The zero-order valence-electron chi connectivity index (χ0n) is 8.18. The second-order valence-electron chi connectivity index (χ2n) is 3.16. The van der Waals surface area contributed by atoms with Gasteiger partial charge >= 0.3 is 12.1 Å². The topological polar surface area (TPSA) is 61.1 Å². The number of alkyl halides is 3. The summed E-state index contributed by atoms with van der Waals surface area (Å²) in [6.07, 6.45) is -5.60. The van der Waals surface area contributed by atoms with Crippen molar-refractivity contribution >= 4 is 17.6 Å². The van der Waals surface area contributed by atoms with Crippen molar-refractivity contribution in [2.75, 3.05) is 0 Å². The summed E-state index contributed by atoms with van der Waals surface area (Å²) in [6.45, 7) is 0. The van der Waals surface area contributed by atoms with E-state index in [1.807, 2.05) is 0 Å². The first-order valence-electron chi connectivity index (χ1n) is 4.27. The summed E-state index contributed by atoms with van der Waals surface area (Å²) < 4.78 is 37.9. The predicted octanol–water partition coefficient (Wildman–Crippen LogP) is 2.86. The third kappa shape index (κ3) is 3.11. The lowest BCUT2D eigenvalue weighted by molar-refractivity contribution is -0.139. The third-order valence-corrected chi connectivity index (χ3v) is 2.30. The maximum atomic E-state index is 12.6. The number of nitrogens with zero attached hydrogens (tertiary/aromatic N) is 1. The summed E-state index contributed by atoms with van der Waals surface area (Å²) in [5.41, 5.74) is -1.99. The summed E-state index contributed by atoms with van der Waals surface area (Å²) in [5, 5.41) is 16.7. The Balaban J connectivity index is 3.46. The Kier molecular flexibility index (Phi) is 3.63. The van der Waals surface area contributed by atoms with Crippen LogP contribution in [0.2, 0.25) is 5.02 Å². The molecule has 0 saturated heterocycles. The lowest BCUT2D eigenvalue weighted by Crippen LogP contribution is -2.13. The fraction of sp³-hybridized carbons (Fsp3) is 0.200. The van der Waals surface area contributed by atoms with Gasteiger partial charge in [0.2, 0.25) is 0 Å². The van der Waals surface area contributed by atoms with Crippen molar-refractivity contribution in [3.63, 3.8) is 0 Å². The van der Waals surface area contributed by atoms with Crippen LogP contribution in [0.3, 0.4) is 0 Å². The molecule has 0 aliphatic rings. The Morgan fingerprint density at radius 3 is 2.47 bits per heavy atom. The molecule has 0 saturated carbocycles. The van der Waals surface area contributed by atoms with Crippen LogP contribution in [-0.4, -0.2) is 11.1 Å². The highest BCUT2D eigenvalue weighted by Crippen LogP contribution is 2.36. The maximum Gasteiger partial charge on any atom is 0.416 e. The van der Waals surface area contributed by atoms with Crippen LogP contribution in [0.25, 0.3) is 0 Å². The molecule has 0 aromatic heterocycles. The molecule has 0 aliphatic carbocycles. The molecule has 1 aromatic carbocycles. The fourth-order valence-electron chi connectivity index (χ4n) is 1.28. The van der Waals surface area contributed by atoms with E-state index in [1.165, 1.54) is 6.07 Å². The highest BCUT2D eigenvalue weighted by atomic mass is 35.5. The summed E-state index contributed by atoms with van der Waals surface area (Å²) in [7, 11) is 0. The molecule has 0 radical (unpaired) electrons. The lowest BCUT2D eigenvalue weighted by Gasteiger charge is -2.13. The molecule has 0 spiro atoms. The van der Waals surface area contributed by atoms with Gasteiger partial charge in [0.1, 0.15) is 0 Å². The summed E-state index contributed by atoms with van der Waals surface area (Å²) >= 11 is 5.55. The largest absolute Gasteiger partial charge is 0.481 e. The van der Waals surface area contributed by atoms with Gasteiger partial charge in [0.05, 0.1) is 23.6 Å². The molecule has 17 heavy (non-hydrogen) atoms. The van der Waals surface area contributed by atoms with Crippen molar-refractivity contribution in [3.05, 3.63) is 33.8 Å². The van der Waals surface area contributed by atoms with Crippen molar-refractivity contribution in [2.45, 2.75) is 12.6 Å². The summed E-state index contributed by atoms with van der Waals surface area (Å²) in [6, 6.07) is 3.13. The van der Waals surface area contributed by atoms with E-state index in [0.29, 0.717) is 6.07 Å². The van der Waals surface area contributed by atoms with Crippen molar-refractivity contribution in [1.82, 2.24) is 0 Å². The smallest absolute Gasteiger partial charge is 0.416 e. The van der Waals surface area contributed by atoms with Crippen molar-refractivity contribution in [3.8, 4) is 6.07 Å². The molecule has 0 atom stereocenters. The summed E-state index contributed by atoms with van der Waals surface area (Å²) in [4.78, 5) is 10.5. The Labute approximate surface area is 99.0 Å². The van der Waals surface area contributed by atoms with Crippen LogP contribution in [0.1, 0.15) is 16.7 Å². The molecule has 0 bridgehead atoms. The van der Waals surface area contributed by atoms with Gasteiger partial charge in [0.15, 0.2) is 0 Å². The second-order valence-corrected chi connectivity index (χ2v) is 3.57. The van der Waals surface area contributed by atoms with Crippen molar-refractivity contribution in [1.29, 1.82) is 5.26 Å². The average molecular weight is 264 g/mol. The van der Waals surface area contributed by atoms with Crippen LogP contribution >= 0.6 is 11.6 Å². The SMILES string of the molecule is N#Cc1cc(Cl)c(CC(=O)O)c(C(F)(F)F)c1. The number of benzene rings is 1. The molecular formula is C10H5ClF3NO2. The highest BCUT2D eigenvalue weighted by molar-refractivity contribution is 6.31. The second kappa shape index (κ2) is 4.63. The third-order valence-electron chi connectivity index (χ3n) is 1.96. The first-order valence-corrected chi connectivity index (χ1v) is 4.65. The molecule has 1 N–H and O–H groups in total. The van der Waals surface area contributed by atoms with E-state index in [-0.39, 0.29) is 10.6 Å². The van der Waals surface area contributed by atoms with Gasteiger partial charge in [-0.2, -0.15) is 18.4 Å². The first-order chi connectivity index (χ1) is 7.75. The van der Waals surface area contributed by atoms with Gasteiger partial charge in [-0.25, -0.2) is 0 Å². The monoisotopic (exact) mass is 263 g/mol. The predicted molar refractivity (Wildman–Crippen MR) is 52.5 cm³/mol. The minimum atomic E-state index is -4.75. The van der Waals surface area contributed by atoms with E-state index < -0.39 is 29.7 Å². The molecule has 1 rings (SSSR count). The summed E-state index contributed by atoms with van der Waals surface area (Å²) in [5.74, 6) is -1.43. The normalized spacial score (nSPS) is 11.0. The number of carboxylic acids is 1. The average Bonchev–Trinajstić information content (AvgIpc) is 2.18. The number of carboxylic acid groups (broad SMARTS) is 1. The number of aliphatic carboxylic acids is 1. The zero-order valence-corrected chi connectivity index (χ0v) is 8.93. The maximum absolute atomic E-state index is 12.6. The first kappa shape index (κ1) is 13.3. The van der Waals surface area contributed by atoms with Crippen molar-refractivity contribution in [2.24, 2.45) is 0 Å². The number of hydrogen-bond donors (Lipinski definition) is 1. The van der Waals surface area contributed by atoms with Crippen LogP contribution < -0.4 is 0 Å². The number of halogens is 4. The standard InChI is InChI=1S/C10H5ClF3NO2/c11-8-2-5(4-15)1-7(10(12,13)14)6(8)3-9(16)17/h1-2H,3H2,(H,16,17). The van der Waals surface area contributed by atoms with Crippen LogP contribution in [0.15, 0.2) is 12.1 Å². The lowest BCUT2D eigenvalue weighted by atomic mass is 10.0. The molecule has 0 fully saturated rings. The van der Waals surface area contributed by atoms with Gasteiger partial charge in [0, 0.05) is 5.02 Å². The number of hydrogen-bond acceptors (Lipinski definition) is 2. The Hall–Kier alpha value is -1.74. The molecule has 3 nitrogen and oxygen atoms in total. The van der Waals surface area contributed by atoms with E-state index in [2.05, 4.69) is 0 Å². The highest BCUT2D eigenvalue weighted by Gasteiger charge is 2.35. The van der Waals surface area contributed by atoms with Gasteiger partial charge < -0.3 is 5.11 Å². The van der Waals surface area contributed by atoms with Crippen LogP contribution in [0.4, 0.5) is 13.2 Å². The van der Waals surface area contributed by atoms with Crippen molar-refractivity contribution < 1.29 is 23.1 Å².